The van der Waals surface area contributed by atoms with Gasteiger partial charge in [0.2, 0.25) is 0 Å². The van der Waals surface area contributed by atoms with Crippen molar-refractivity contribution in [1.29, 1.82) is 0 Å². The van der Waals surface area contributed by atoms with Crippen molar-refractivity contribution in [3.63, 3.8) is 0 Å². The van der Waals surface area contributed by atoms with Gasteiger partial charge in [-0.05, 0) is 50.5 Å². The monoisotopic (exact) mass is 297 g/mol. The van der Waals surface area contributed by atoms with E-state index < -0.39 is 0 Å². The number of aromatic nitrogens is 2. The summed E-state index contributed by atoms with van der Waals surface area (Å²) in [5.41, 5.74) is 3.67. The molecule has 0 atom stereocenters. The van der Waals surface area contributed by atoms with Crippen LogP contribution < -0.4 is 5.32 Å². The molecule has 0 aliphatic rings. The Morgan fingerprint density at radius 1 is 1.05 bits per heavy atom. The molecular weight excluding hydrogens is 278 g/mol. The number of aryl methyl sites for hydroxylation is 4. The molecule has 21 heavy (non-hydrogen) atoms. The van der Waals surface area contributed by atoms with E-state index in [9.17, 15) is 0 Å². The van der Waals surface area contributed by atoms with E-state index >= 15 is 0 Å². The highest BCUT2D eigenvalue weighted by Crippen LogP contribution is 2.34. The van der Waals surface area contributed by atoms with Crippen LogP contribution in [0.25, 0.3) is 10.2 Å². The second kappa shape index (κ2) is 5.45. The zero-order valence-corrected chi connectivity index (χ0v) is 13.6. The first-order valence-electron chi connectivity index (χ1n) is 7.18. The molecule has 0 amide bonds. The van der Waals surface area contributed by atoms with Gasteiger partial charge < -0.3 is 5.32 Å². The van der Waals surface area contributed by atoms with E-state index in [1.165, 1.54) is 16.0 Å². The smallest absolute Gasteiger partial charge is 0.143 e. The summed E-state index contributed by atoms with van der Waals surface area (Å²) >= 11 is 1.73. The van der Waals surface area contributed by atoms with Gasteiger partial charge in [-0.3, -0.25) is 0 Å². The fraction of sp³-hybridized carbons (Fsp3) is 0.294. The minimum atomic E-state index is 0.802. The summed E-state index contributed by atoms with van der Waals surface area (Å²) in [6.07, 6.45) is 1.06. The fourth-order valence-corrected chi connectivity index (χ4v) is 3.48. The van der Waals surface area contributed by atoms with E-state index in [4.69, 9.17) is 0 Å². The standard InChI is InChI=1S/C17H19N3S/c1-5-13-6-8-14(9-7-13)20-16-15-10(2)11(3)21-17(15)19-12(4)18-16/h6-9H,5H2,1-4H3,(H,18,19,20). The van der Waals surface area contributed by atoms with Crippen LogP contribution in [0.5, 0.6) is 0 Å². The number of thiophene rings is 1. The molecule has 2 heterocycles. The molecule has 0 spiro atoms. The minimum Gasteiger partial charge on any atom is -0.340 e. The van der Waals surface area contributed by atoms with Crippen LogP contribution in [-0.4, -0.2) is 9.97 Å². The number of hydrogen-bond acceptors (Lipinski definition) is 4. The van der Waals surface area contributed by atoms with Crippen molar-refractivity contribution >= 4 is 33.1 Å². The average Bonchev–Trinajstić information content (AvgIpc) is 2.74. The van der Waals surface area contributed by atoms with Crippen molar-refractivity contribution < 1.29 is 0 Å². The lowest BCUT2D eigenvalue weighted by atomic mass is 10.1. The third-order valence-electron chi connectivity index (χ3n) is 3.77. The van der Waals surface area contributed by atoms with Crippen LogP contribution in [0.4, 0.5) is 11.5 Å². The largest absolute Gasteiger partial charge is 0.340 e. The maximum Gasteiger partial charge on any atom is 0.143 e. The summed E-state index contributed by atoms with van der Waals surface area (Å²) in [5, 5.41) is 4.59. The predicted molar refractivity (Wildman–Crippen MR) is 90.7 cm³/mol. The molecule has 1 aromatic carbocycles. The molecule has 0 bridgehead atoms. The van der Waals surface area contributed by atoms with Gasteiger partial charge in [0.05, 0.1) is 5.39 Å². The lowest BCUT2D eigenvalue weighted by Crippen LogP contribution is -1.98. The zero-order chi connectivity index (χ0) is 15.0. The molecular formula is C17H19N3S. The molecule has 1 N–H and O–H groups in total. The highest BCUT2D eigenvalue weighted by Gasteiger charge is 2.13. The number of fused-ring (bicyclic) bond motifs is 1. The summed E-state index contributed by atoms with van der Waals surface area (Å²) in [5.74, 6) is 1.71. The number of rotatable bonds is 3. The van der Waals surface area contributed by atoms with Gasteiger partial charge in [0.15, 0.2) is 0 Å². The molecule has 0 aliphatic carbocycles. The first kappa shape index (κ1) is 14.0. The molecule has 0 aliphatic heterocycles. The summed E-state index contributed by atoms with van der Waals surface area (Å²) in [4.78, 5) is 11.5. The number of nitrogens with one attached hydrogen (secondary N) is 1. The Bertz CT molecular complexity index is 788. The maximum absolute atomic E-state index is 4.60. The molecule has 3 aromatic rings. The highest BCUT2D eigenvalue weighted by molar-refractivity contribution is 7.18. The molecule has 2 aromatic heterocycles. The van der Waals surface area contributed by atoms with Gasteiger partial charge in [0.1, 0.15) is 16.5 Å². The Hall–Kier alpha value is -1.94. The van der Waals surface area contributed by atoms with Crippen molar-refractivity contribution in [2.75, 3.05) is 5.32 Å². The van der Waals surface area contributed by atoms with E-state index in [2.05, 4.69) is 60.3 Å². The SMILES string of the molecule is CCc1ccc(Nc2nc(C)nc3sc(C)c(C)c23)cc1. The summed E-state index contributed by atoms with van der Waals surface area (Å²) in [6.45, 7) is 8.38. The van der Waals surface area contributed by atoms with Gasteiger partial charge in [-0.25, -0.2) is 9.97 Å². The van der Waals surface area contributed by atoms with Crippen molar-refractivity contribution in [2.45, 2.75) is 34.1 Å². The first-order chi connectivity index (χ1) is 10.1. The minimum absolute atomic E-state index is 0.802. The molecule has 4 heteroatoms. The van der Waals surface area contributed by atoms with Crippen LogP contribution in [0.3, 0.4) is 0 Å². The van der Waals surface area contributed by atoms with Gasteiger partial charge in [0, 0.05) is 10.6 Å². The van der Waals surface area contributed by atoms with E-state index in [-0.39, 0.29) is 0 Å². The van der Waals surface area contributed by atoms with Gasteiger partial charge >= 0.3 is 0 Å². The second-order valence-electron chi connectivity index (χ2n) is 5.26. The normalized spacial score (nSPS) is 11.0. The average molecular weight is 297 g/mol. The van der Waals surface area contributed by atoms with E-state index in [1.54, 1.807) is 11.3 Å². The Morgan fingerprint density at radius 3 is 2.43 bits per heavy atom. The van der Waals surface area contributed by atoms with E-state index in [0.29, 0.717) is 0 Å². The highest BCUT2D eigenvalue weighted by atomic mass is 32.1. The second-order valence-corrected chi connectivity index (χ2v) is 6.46. The summed E-state index contributed by atoms with van der Waals surface area (Å²) < 4.78 is 0. The molecule has 3 nitrogen and oxygen atoms in total. The van der Waals surface area contributed by atoms with Crippen molar-refractivity contribution in [1.82, 2.24) is 9.97 Å². The molecule has 0 unspecified atom stereocenters. The van der Waals surface area contributed by atoms with Crippen LogP contribution in [0, 0.1) is 20.8 Å². The number of anilines is 2. The molecule has 108 valence electrons. The lowest BCUT2D eigenvalue weighted by molar-refractivity contribution is 1.10. The van der Waals surface area contributed by atoms with E-state index in [1.807, 2.05) is 6.92 Å². The number of benzene rings is 1. The number of nitrogens with zero attached hydrogens (tertiary/aromatic N) is 2. The van der Waals surface area contributed by atoms with Gasteiger partial charge in [0.25, 0.3) is 0 Å². The molecule has 0 radical (unpaired) electrons. The van der Waals surface area contributed by atoms with Crippen LogP contribution in [0.1, 0.15) is 28.8 Å². The third kappa shape index (κ3) is 2.63. The van der Waals surface area contributed by atoms with Crippen molar-refractivity contribution in [3.05, 3.63) is 46.1 Å². The van der Waals surface area contributed by atoms with Crippen molar-refractivity contribution in [2.24, 2.45) is 0 Å². The first-order valence-corrected chi connectivity index (χ1v) is 8.00. The Kier molecular flexibility index (Phi) is 3.64. The lowest BCUT2D eigenvalue weighted by Gasteiger charge is -2.09. The van der Waals surface area contributed by atoms with Crippen LogP contribution in [0.15, 0.2) is 24.3 Å². The van der Waals surface area contributed by atoms with Gasteiger partial charge in [-0.2, -0.15) is 0 Å². The molecule has 0 fully saturated rings. The molecule has 0 saturated carbocycles. The fourth-order valence-electron chi connectivity index (χ4n) is 2.41. The van der Waals surface area contributed by atoms with E-state index in [0.717, 1.165) is 34.0 Å². The Balaban J connectivity index is 2.06. The Morgan fingerprint density at radius 2 is 1.76 bits per heavy atom. The van der Waals surface area contributed by atoms with Crippen LogP contribution in [0.2, 0.25) is 0 Å². The number of hydrogen-bond donors (Lipinski definition) is 1. The van der Waals surface area contributed by atoms with Crippen LogP contribution in [-0.2, 0) is 6.42 Å². The Labute approximate surface area is 129 Å². The maximum atomic E-state index is 4.60. The van der Waals surface area contributed by atoms with Gasteiger partial charge in [-0.1, -0.05) is 19.1 Å². The topological polar surface area (TPSA) is 37.8 Å². The molecule has 0 saturated heterocycles. The van der Waals surface area contributed by atoms with Crippen LogP contribution >= 0.6 is 11.3 Å². The van der Waals surface area contributed by atoms with Crippen molar-refractivity contribution in [3.8, 4) is 0 Å². The predicted octanol–water partition coefficient (Wildman–Crippen LogP) is 4.92. The third-order valence-corrected chi connectivity index (χ3v) is 4.87. The quantitative estimate of drug-likeness (QED) is 0.745. The van der Waals surface area contributed by atoms with Gasteiger partial charge in [-0.15, -0.1) is 11.3 Å². The summed E-state index contributed by atoms with van der Waals surface area (Å²) in [7, 11) is 0. The summed E-state index contributed by atoms with van der Waals surface area (Å²) in [6, 6.07) is 8.52. The molecule has 3 rings (SSSR count). The zero-order valence-electron chi connectivity index (χ0n) is 12.8.